The Labute approximate surface area is 430 Å². The van der Waals surface area contributed by atoms with Crippen LogP contribution in [-0.4, -0.2) is 47.4 Å². The number of unbranched alkanes of at least 4 members (excludes halogenated alkanes) is 42. The Morgan fingerprint density at radius 2 is 0.725 bits per heavy atom. The second-order valence-electron chi connectivity index (χ2n) is 21.0. The fourth-order valence-electron chi connectivity index (χ4n) is 9.43. The number of hydrogen-bond donors (Lipinski definition) is 3. The SMILES string of the molecule is CCCCCC/C=C\C/C=C\CCCCCCCCCC(=O)OCCCCCCCCCCCCCC(=O)NC(CO)C(O)/C=C/CCCCCCCCCCCCCCCCCCCCCCC. The number of hydrogen-bond acceptors (Lipinski definition) is 5. The van der Waals surface area contributed by atoms with Crippen molar-refractivity contribution in [3.05, 3.63) is 36.5 Å². The maximum absolute atomic E-state index is 12.5. The molecule has 0 aromatic heterocycles. The van der Waals surface area contributed by atoms with Crippen molar-refractivity contribution in [2.75, 3.05) is 13.2 Å². The average molecular weight is 971 g/mol. The Kier molecular flexibility index (Phi) is 57.0. The molecule has 0 radical (unpaired) electrons. The van der Waals surface area contributed by atoms with E-state index in [0.717, 1.165) is 64.2 Å². The first-order chi connectivity index (χ1) is 34.0. The van der Waals surface area contributed by atoms with Gasteiger partial charge in [-0.25, -0.2) is 0 Å². The number of amides is 1. The average Bonchev–Trinajstić information content (AvgIpc) is 3.35. The number of esters is 1. The zero-order valence-corrected chi connectivity index (χ0v) is 46.3. The van der Waals surface area contributed by atoms with Gasteiger partial charge in [-0.05, 0) is 64.2 Å². The van der Waals surface area contributed by atoms with Crippen LogP contribution in [0.1, 0.15) is 328 Å². The number of carbonyl (C=O) groups excluding carboxylic acids is 2. The summed E-state index contributed by atoms with van der Waals surface area (Å²) in [7, 11) is 0. The van der Waals surface area contributed by atoms with Gasteiger partial charge in [0.05, 0.1) is 25.4 Å². The summed E-state index contributed by atoms with van der Waals surface area (Å²) in [6.45, 7) is 4.86. The minimum Gasteiger partial charge on any atom is -0.466 e. The molecule has 0 aliphatic heterocycles. The van der Waals surface area contributed by atoms with Gasteiger partial charge in [0.15, 0.2) is 0 Å². The number of aliphatic hydroxyl groups is 2. The van der Waals surface area contributed by atoms with E-state index in [9.17, 15) is 19.8 Å². The number of carbonyl (C=O) groups is 2. The summed E-state index contributed by atoms with van der Waals surface area (Å²) in [4.78, 5) is 24.6. The molecule has 0 aromatic carbocycles. The molecule has 0 bridgehead atoms. The van der Waals surface area contributed by atoms with Crippen LogP contribution in [0.5, 0.6) is 0 Å². The van der Waals surface area contributed by atoms with Crippen LogP contribution in [0.3, 0.4) is 0 Å². The quantitative estimate of drug-likeness (QED) is 0.0321. The van der Waals surface area contributed by atoms with E-state index in [1.54, 1.807) is 6.08 Å². The molecular formula is C63H119NO5. The fraction of sp³-hybridized carbons (Fsp3) is 0.873. The van der Waals surface area contributed by atoms with Crippen LogP contribution in [0.2, 0.25) is 0 Å². The highest BCUT2D eigenvalue weighted by molar-refractivity contribution is 5.76. The van der Waals surface area contributed by atoms with Gasteiger partial charge in [-0.3, -0.25) is 9.59 Å². The highest BCUT2D eigenvalue weighted by atomic mass is 16.5. The van der Waals surface area contributed by atoms with Crippen molar-refractivity contribution in [1.29, 1.82) is 0 Å². The van der Waals surface area contributed by atoms with E-state index in [0.29, 0.717) is 19.4 Å². The molecule has 0 aliphatic carbocycles. The molecule has 0 aliphatic rings. The molecule has 6 nitrogen and oxygen atoms in total. The van der Waals surface area contributed by atoms with Crippen LogP contribution in [0.4, 0.5) is 0 Å². The van der Waals surface area contributed by atoms with Gasteiger partial charge in [0.2, 0.25) is 5.91 Å². The third kappa shape index (κ3) is 55.2. The first kappa shape index (κ1) is 67.1. The minimum absolute atomic E-state index is 0.0221. The molecule has 0 fully saturated rings. The monoisotopic (exact) mass is 970 g/mol. The van der Waals surface area contributed by atoms with Crippen molar-refractivity contribution in [2.24, 2.45) is 0 Å². The van der Waals surface area contributed by atoms with Gasteiger partial charge in [-0.2, -0.15) is 0 Å². The molecule has 0 saturated carbocycles. The molecule has 0 aromatic rings. The second-order valence-corrected chi connectivity index (χ2v) is 21.0. The van der Waals surface area contributed by atoms with Gasteiger partial charge < -0.3 is 20.3 Å². The third-order valence-corrected chi connectivity index (χ3v) is 14.2. The standard InChI is InChI=1S/C63H119NO5/c1-3-5-7-9-11-13-15-17-19-21-23-24-25-26-27-28-30-32-35-39-43-47-51-55-61(66)60(59-65)64-62(67)56-52-48-44-40-36-34-38-42-46-50-54-58-69-63(68)57-53-49-45-41-37-33-31-29-22-20-18-16-14-12-10-8-6-4-2/h14,16,20,22,51,55,60-61,65-66H,3-13,15,17-19,21,23-50,52-54,56-59H2,1-2H3,(H,64,67)/b16-14-,22-20-,55-51+. The maximum atomic E-state index is 12.5. The predicted octanol–water partition coefficient (Wildman–Crippen LogP) is 19.2. The Balaban J connectivity index is 3.49. The molecule has 0 saturated heterocycles. The molecule has 406 valence electrons. The highest BCUT2D eigenvalue weighted by Gasteiger charge is 2.18. The summed E-state index contributed by atoms with van der Waals surface area (Å²) < 4.78 is 5.47. The summed E-state index contributed by atoms with van der Waals surface area (Å²) in [6, 6.07) is -0.644. The molecule has 1 amide bonds. The maximum Gasteiger partial charge on any atom is 0.305 e. The molecule has 2 atom stereocenters. The van der Waals surface area contributed by atoms with Crippen molar-refractivity contribution < 1.29 is 24.5 Å². The second kappa shape index (κ2) is 58.6. The van der Waals surface area contributed by atoms with Crippen LogP contribution < -0.4 is 5.32 Å². The van der Waals surface area contributed by atoms with Crippen LogP contribution in [0.15, 0.2) is 36.5 Å². The Hall–Kier alpha value is -1.92. The number of rotatable bonds is 57. The topological polar surface area (TPSA) is 95.9 Å². The Bertz CT molecular complexity index is 1120. The fourth-order valence-corrected chi connectivity index (χ4v) is 9.43. The minimum atomic E-state index is -0.859. The molecule has 3 N–H and O–H groups in total. The Morgan fingerprint density at radius 3 is 1.12 bits per heavy atom. The summed E-state index contributed by atoms with van der Waals surface area (Å²) in [6.07, 6.45) is 73.1. The van der Waals surface area contributed by atoms with E-state index in [1.807, 2.05) is 6.08 Å². The number of allylic oxidation sites excluding steroid dienone is 5. The van der Waals surface area contributed by atoms with Crippen molar-refractivity contribution in [1.82, 2.24) is 5.32 Å². The van der Waals surface area contributed by atoms with Gasteiger partial charge in [0.25, 0.3) is 0 Å². The van der Waals surface area contributed by atoms with Crippen LogP contribution in [-0.2, 0) is 14.3 Å². The smallest absolute Gasteiger partial charge is 0.305 e. The normalized spacial score (nSPS) is 12.8. The predicted molar refractivity (Wildman–Crippen MR) is 301 cm³/mol. The summed E-state index contributed by atoms with van der Waals surface area (Å²) in [5, 5.41) is 23.2. The first-order valence-electron chi connectivity index (χ1n) is 30.8. The molecule has 0 rings (SSSR count). The largest absolute Gasteiger partial charge is 0.466 e. The zero-order valence-electron chi connectivity index (χ0n) is 46.3. The lowest BCUT2D eigenvalue weighted by Gasteiger charge is -2.20. The molecule has 69 heavy (non-hydrogen) atoms. The van der Waals surface area contributed by atoms with Crippen molar-refractivity contribution in [2.45, 2.75) is 341 Å². The summed E-state index contributed by atoms with van der Waals surface area (Å²) in [5.41, 5.74) is 0. The number of nitrogens with one attached hydrogen (secondary N) is 1. The van der Waals surface area contributed by atoms with Crippen molar-refractivity contribution in [3.63, 3.8) is 0 Å². The van der Waals surface area contributed by atoms with E-state index in [2.05, 4.69) is 43.5 Å². The van der Waals surface area contributed by atoms with E-state index in [4.69, 9.17) is 4.74 Å². The van der Waals surface area contributed by atoms with Crippen molar-refractivity contribution >= 4 is 11.9 Å². The molecule has 2 unspecified atom stereocenters. The van der Waals surface area contributed by atoms with Crippen molar-refractivity contribution in [3.8, 4) is 0 Å². The zero-order chi connectivity index (χ0) is 50.0. The van der Waals surface area contributed by atoms with Gasteiger partial charge in [-0.1, -0.05) is 288 Å². The van der Waals surface area contributed by atoms with E-state index < -0.39 is 12.1 Å². The highest BCUT2D eigenvalue weighted by Crippen LogP contribution is 2.17. The first-order valence-corrected chi connectivity index (χ1v) is 30.8. The number of ether oxygens (including phenoxy) is 1. The Morgan fingerprint density at radius 1 is 0.406 bits per heavy atom. The molecule has 0 heterocycles. The summed E-state index contributed by atoms with van der Waals surface area (Å²) in [5.74, 6) is -0.107. The lowest BCUT2D eigenvalue weighted by molar-refractivity contribution is -0.143. The van der Waals surface area contributed by atoms with Gasteiger partial charge in [-0.15, -0.1) is 0 Å². The lowest BCUT2D eigenvalue weighted by atomic mass is 10.0. The number of aliphatic hydroxyl groups excluding tert-OH is 2. The third-order valence-electron chi connectivity index (χ3n) is 14.2. The van der Waals surface area contributed by atoms with Gasteiger partial charge >= 0.3 is 5.97 Å². The van der Waals surface area contributed by atoms with Crippen LogP contribution in [0, 0.1) is 0 Å². The van der Waals surface area contributed by atoms with Gasteiger partial charge in [0.1, 0.15) is 0 Å². The summed E-state index contributed by atoms with van der Waals surface area (Å²) >= 11 is 0. The van der Waals surface area contributed by atoms with Crippen LogP contribution >= 0.6 is 0 Å². The van der Waals surface area contributed by atoms with Gasteiger partial charge in [0, 0.05) is 12.8 Å². The van der Waals surface area contributed by atoms with Crippen LogP contribution in [0.25, 0.3) is 0 Å². The lowest BCUT2D eigenvalue weighted by Crippen LogP contribution is -2.45. The van der Waals surface area contributed by atoms with E-state index in [-0.39, 0.29) is 18.5 Å². The molecule has 0 spiro atoms. The molecular weight excluding hydrogens is 851 g/mol. The van der Waals surface area contributed by atoms with E-state index >= 15 is 0 Å². The molecule has 6 heteroatoms. The van der Waals surface area contributed by atoms with E-state index in [1.165, 1.54) is 238 Å².